The van der Waals surface area contributed by atoms with Gasteiger partial charge in [-0.2, -0.15) is 13.2 Å². The predicted molar refractivity (Wildman–Crippen MR) is 98.8 cm³/mol. The van der Waals surface area contributed by atoms with Gasteiger partial charge in [-0.25, -0.2) is 4.79 Å². The van der Waals surface area contributed by atoms with E-state index in [2.05, 4.69) is 5.32 Å². The highest BCUT2D eigenvalue weighted by Crippen LogP contribution is 2.29. The largest absolute Gasteiger partial charge is 0.459 e. The molecule has 0 aliphatic carbocycles. The molecule has 0 saturated carbocycles. The van der Waals surface area contributed by atoms with Crippen molar-refractivity contribution in [2.75, 3.05) is 0 Å². The molecule has 2 aromatic carbocycles. The predicted octanol–water partition coefficient (Wildman–Crippen LogP) is 4.86. The Balaban J connectivity index is 2.06. The highest BCUT2D eigenvalue weighted by atomic mass is 35.5. The standard InChI is InChI=1S/C20H19ClF3NO3/c1-12(2)17(25-18(26)15-8-3-4-9-16(15)21)19(27)28-11-13-6-5-7-14(10-13)20(22,23)24/h3-10,12,17H,11H2,1-2H3,(H,25,26)/t17-/m0/s1. The molecule has 0 unspecified atom stereocenters. The molecule has 0 aromatic heterocycles. The highest BCUT2D eigenvalue weighted by Gasteiger charge is 2.31. The Morgan fingerprint density at radius 3 is 2.39 bits per heavy atom. The van der Waals surface area contributed by atoms with Crippen molar-refractivity contribution in [3.05, 3.63) is 70.2 Å². The van der Waals surface area contributed by atoms with Crippen LogP contribution >= 0.6 is 11.6 Å². The summed E-state index contributed by atoms with van der Waals surface area (Å²) in [5, 5.41) is 2.80. The molecule has 0 radical (unpaired) electrons. The zero-order valence-corrected chi connectivity index (χ0v) is 16.0. The van der Waals surface area contributed by atoms with Crippen LogP contribution in [0, 0.1) is 5.92 Å². The van der Waals surface area contributed by atoms with Crippen molar-refractivity contribution in [2.45, 2.75) is 32.7 Å². The molecule has 150 valence electrons. The van der Waals surface area contributed by atoms with Crippen molar-refractivity contribution in [1.82, 2.24) is 5.32 Å². The number of carbonyl (C=O) groups is 2. The molecule has 0 heterocycles. The van der Waals surface area contributed by atoms with Crippen LogP contribution in [0.25, 0.3) is 0 Å². The molecule has 2 rings (SSSR count). The van der Waals surface area contributed by atoms with Crippen molar-refractivity contribution in [3.63, 3.8) is 0 Å². The first-order valence-electron chi connectivity index (χ1n) is 8.47. The molecule has 8 heteroatoms. The summed E-state index contributed by atoms with van der Waals surface area (Å²) >= 11 is 5.99. The summed E-state index contributed by atoms with van der Waals surface area (Å²) in [6.07, 6.45) is -4.48. The van der Waals surface area contributed by atoms with Crippen LogP contribution in [0.5, 0.6) is 0 Å². The summed E-state index contributed by atoms with van der Waals surface area (Å²) in [5.74, 6) is -1.59. The molecule has 0 aliphatic rings. The molecule has 0 spiro atoms. The normalized spacial score (nSPS) is 12.5. The van der Waals surface area contributed by atoms with Crippen LogP contribution in [-0.2, 0) is 22.3 Å². The van der Waals surface area contributed by atoms with E-state index in [-0.39, 0.29) is 28.7 Å². The van der Waals surface area contributed by atoms with E-state index >= 15 is 0 Å². The van der Waals surface area contributed by atoms with Crippen LogP contribution in [0.2, 0.25) is 5.02 Å². The molecule has 4 nitrogen and oxygen atoms in total. The van der Waals surface area contributed by atoms with Crippen LogP contribution in [0.1, 0.15) is 35.3 Å². The Kier molecular flexibility index (Phi) is 7.07. The van der Waals surface area contributed by atoms with Gasteiger partial charge in [0.2, 0.25) is 0 Å². The number of esters is 1. The SMILES string of the molecule is CC(C)[C@H](NC(=O)c1ccccc1Cl)C(=O)OCc1cccc(C(F)(F)F)c1. The van der Waals surface area contributed by atoms with Gasteiger partial charge in [-0.1, -0.05) is 49.7 Å². The van der Waals surface area contributed by atoms with Crippen molar-refractivity contribution >= 4 is 23.5 Å². The van der Waals surface area contributed by atoms with Crippen LogP contribution in [0.3, 0.4) is 0 Å². The maximum absolute atomic E-state index is 12.8. The van der Waals surface area contributed by atoms with Gasteiger partial charge in [0, 0.05) is 0 Å². The summed E-state index contributed by atoms with van der Waals surface area (Å²) < 4.78 is 43.4. The lowest BCUT2D eigenvalue weighted by molar-refractivity contribution is -0.148. The molecule has 2 aromatic rings. The lowest BCUT2D eigenvalue weighted by Gasteiger charge is -2.21. The molecule has 0 bridgehead atoms. The molecule has 1 amide bonds. The topological polar surface area (TPSA) is 55.4 Å². The first-order chi connectivity index (χ1) is 13.1. The van der Waals surface area contributed by atoms with Gasteiger partial charge in [0.05, 0.1) is 16.1 Å². The number of amides is 1. The van der Waals surface area contributed by atoms with E-state index in [0.717, 1.165) is 12.1 Å². The van der Waals surface area contributed by atoms with Gasteiger partial charge in [0.1, 0.15) is 12.6 Å². The fourth-order valence-electron chi connectivity index (χ4n) is 2.44. The Bertz CT molecular complexity index is 853. The lowest BCUT2D eigenvalue weighted by Crippen LogP contribution is -2.45. The zero-order chi connectivity index (χ0) is 20.9. The number of hydrogen-bond acceptors (Lipinski definition) is 3. The summed E-state index contributed by atoms with van der Waals surface area (Å²) in [6, 6.07) is 9.91. The van der Waals surface area contributed by atoms with Gasteiger partial charge in [0.25, 0.3) is 5.91 Å². The van der Waals surface area contributed by atoms with E-state index in [4.69, 9.17) is 16.3 Å². The number of rotatable bonds is 6. The van der Waals surface area contributed by atoms with E-state index in [1.165, 1.54) is 18.2 Å². The second-order valence-corrected chi connectivity index (χ2v) is 6.89. The van der Waals surface area contributed by atoms with Crippen molar-refractivity contribution < 1.29 is 27.5 Å². The summed E-state index contributed by atoms with van der Waals surface area (Å²) in [7, 11) is 0. The van der Waals surface area contributed by atoms with Gasteiger partial charge >= 0.3 is 12.1 Å². The minimum absolute atomic E-state index is 0.197. The molecule has 1 atom stereocenters. The summed E-state index contributed by atoms with van der Waals surface area (Å²) in [4.78, 5) is 24.8. The van der Waals surface area contributed by atoms with Gasteiger partial charge < -0.3 is 10.1 Å². The van der Waals surface area contributed by atoms with Crippen LogP contribution in [-0.4, -0.2) is 17.9 Å². The van der Waals surface area contributed by atoms with E-state index in [1.54, 1.807) is 32.0 Å². The number of alkyl halides is 3. The average Bonchev–Trinajstić information content (AvgIpc) is 2.63. The first-order valence-corrected chi connectivity index (χ1v) is 8.85. The first kappa shape index (κ1) is 21.8. The third-order valence-electron chi connectivity index (χ3n) is 3.96. The smallest absolute Gasteiger partial charge is 0.416 e. The number of carbonyl (C=O) groups excluding carboxylic acids is 2. The number of benzene rings is 2. The van der Waals surface area contributed by atoms with Crippen LogP contribution < -0.4 is 5.32 Å². The minimum Gasteiger partial charge on any atom is -0.459 e. The minimum atomic E-state index is -4.48. The Morgan fingerprint density at radius 1 is 1.11 bits per heavy atom. The highest BCUT2D eigenvalue weighted by molar-refractivity contribution is 6.33. The van der Waals surface area contributed by atoms with Crippen LogP contribution in [0.4, 0.5) is 13.2 Å². The van der Waals surface area contributed by atoms with E-state index in [1.807, 2.05) is 0 Å². The second-order valence-electron chi connectivity index (χ2n) is 6.48. The molecule has 0 aliphatic heterocycles. The monoisotopic (exact) mass is 413 g/mol. The van der Waals surface area contributed by atoms with E-state index < -0.39 is 29.7 Å². The quantitative estimate of drug-likeness (QED) is 0.688. The second kappa shape index (κ2) is 9.10. The molecular weight excluding hydrogens is 395 g/mol. The molecule has 28 heavy (non-hydrogen) atoms. The molecule has 0 fully saturated rings. The van der Waals surface area contributed by atoms with Crippen molar-refractivity contribution in [1.29, 1.82) is 0 Å². The fourth-order valence-corrected chi connectivity index (χ4v) is 2.67. The van der Waals surface area contributed by atoms with E-state index in [9.17, 15) is 22.8 Å². The molecule has 0 saturated heterocycles. The number of nitrogens with one attached hydrogen (secondary N) is 1. The maximum Gasteiger partial charge on any atom is 0.416 e. The van der Waals surface area contributed by atoms with Gasteiger partial charge in [-0.05, 0) is 35.7 Å². The number of hydrogen-bond donors (Lipinski definition) is 1. The third kappa shape index (κ3) is 5.73. The van der Waals surface area contributed by atoms with Crippen molar-refractivity contribution in [2.24, 2.45) is 5.92 Å². The maximum atomic E-state index is 12.8. The van der Waals surface area contributed by atoms with E-state index in [0.29, 0.717) is 0 Å². The Hall–Kier alpha value is -2.54. The van der Waals surface area contributed by atoms with Gasteiger partial charge in [-0.3, -0.25) is 4.79 Å². The summed E-state index contributed by atoms with van der Waals surface area (Å²) in [6.45, 7) is 3.08. The van der Waals surface area contributed by atoms with Crippen LogP contribution in [0.15, 0.2) is 48.5 Å². The molecule has 1 N–H and O–H groups in total. The lowest BCUT2D eigenvalue weighted by atomic mass is 10.0. The molecular formula is C20H19ClF3NO3. The fraction of sp³-hybridized carbons (Fsp3) is 0.300. The van der Waals surface area contributed by atoms with Crippen molar-refractivity contribution in [3.8, 4) is 0 Å². The average molecular weight is 414 g/mol. The zero-order valence-electron chi connectivity index (χ0n) is 15.2. The summed E-state index contributed by atoms with van der Waals surface area (Å²) in [5.41, 5.74) is -0.419. The number of ether oxygens (including phenoxy) is 1. The Labute approximate surface area is 165 Å². The third-order valence-corrected chi connectivity index (χ3v) is 4.29. The van der Waals surface area contributed by atoms with Gasteiger partial charge in [0.15, 0.2) is 0 Å². The Morgan fingerprint density at radius 2 is 1.79 bits per heavy atom. The van der Waals surface area contributed by atoms with Gasteiger partial charge in [-0.15, -0.1) is 0 Å². The number of halogens is 4.